The Morgan fingerprint density at radius 1 is 1.21 bits per heavy atom. The highest BCUT2D eigenvalue weighted by Gasteiger charge is 2.13. The third-order valence-corrected chi connectivity index (χ3v) is 3.40. The van der Waals surface area contributed by atoms with Gasteiger partial charge in [-0.3, -0.25) is 0 Å². The van der Waals surface area contributed by atoms with Gasteiger partial charge >= 0.3 is 0 Å². The van der Waals surface area contributed by atoms with Crippen LogP contribution in [0.5, 0.6) is 0 Å². The molecular weight excluding hydrogens is 289 g/mol. The highest BCUT2D eigenvalue weighted by molar-refractivity contribution is 14.1. The second kappa shape index (κ2) is 8.92. The molecule has 0 spiro atoms. The van der Waals surface area contributed by atoms with Crippen LogP contribution < -0.4 is 5.32 Å². The van der Waals surface area contributed by atoms with Gasteiger partial charge in [-0.25, -0.2) is 0 Å². The Hall–Kier alpha value is 0.650. The molecule has 1 atom stereocenters. The van der Waals surface area contributed by atoms with Crippen LogP contribution in [0.1, 0.15) is 38.5 Å². The van der Waals surface area contributed by atoms with Crippen molar-refractivity contribution in [2.75, 3.05) is 24.1 Å². The van der Waals surface area contributed by atoms with Gasteiger partial charge < -0.3 is 10.1 Å². The zero-order valence-corrected chi connectivity index (χ0v) is 11.1. The quantitative estimate of drug-likeness (QED) is 0.423. The summed E-state index contributed by atoms with van der Waals surface area (Å²) in [5.41, 5.74) is 0. The Bertz CT molecular complexity index is 126. The van der Waals surface area contributed by atoms with Crippen molar-refractivity contribution in [1.29, 1.82) is 0 Å². The minimum atomic E-state index is 0.504. The van der Waals surface area contributed by atoms with Crippen LogP contribution in [0.4, 0.5) is 0 Å². The molecule has 1 aliphatic rings. The van der Waals surface area contributed by atoms with Gasteiger partial charge in [0.1, 0.15) is 0 Å². The third kappa shape index (κ3) is 6.19. The van der Waals surface area contributed by atoms with Crippen molar-refractivity contribution in [3.8, 4) is 0 Å². The number of alkyl halides is 1. The molecule has 0 aliphatic carbocycles. The van der Waals surface area contributed by atoms with Gasteiger partial charge in [0.15, 0.2) is 0 Å². The molecule has 0 radical (unpaired) electrons. The van der Waals surface area contributed by atoms with Crippen molar-refractivity contribution < 1.29 is 4.74 Å². The average Bonchev–Trinajstić information content (AvgIpc) is 2.69. The summed E-state index contributed by atoms with van der Waals surface area (Å²) in [5, 5.41) is 3.48. The zero-order valence-electron chi connectivity index (χ0n) is 8.93. The van der Waals surface area contributed by atoms with E-state index in [1.807, 2.05) is 0 Å². The number of halogens is 1. The molecule has 0 aromatic heterocycles. The number of hydrogen-bond acceptors (Lipinski definition) is 2. The van der Waals surface area contributed by atoms with Crippen LogP contribution in [-0.4, -0.2) is 30.2 Å². The van der Waals surface area contributed by atoms with Crippen LogP contribution in [-0.2, 0) is 4.74 Å². The summed E-state index contributed by atoms with van der Waals surface area (Å²) < 4.78 is 6.84. The van der Waals surface area contributed by atoms with E-state index in [0.717, 1.165) is 13.2 Å². The van der Waals surface area contributed by atoms with Gasteiger partial charge in [0.05, 0.1) is 6.10 Å². The predicted molar refractivity (Wildman–Crippen MR) is 69.2 cm³/mol. The van der Waals surface area contributed by atoms with Gasteiger partial charge in [0, 0.05) is 13.2 Å². The molecule has 0 amide bonds. The Morgan fingerprint density at radius 2 is 2.07 bits per heavy atom. The molecule has 1 aliphatic heterocycles. The maximum atomic E-state index is 5.53. The van der Waals surface area contributed by atoms with E-state index >= 15 is 0 Å². The Kier molecular flexibility index (Phi) is 8.10. The lowest BCUT2D eigenvalue weighted by molar-refractivity contribution is 0.110. The van der Waals surface area contributed by atoms with E-state index in [9.17, 15) is 0 Å². The minimum Gasteiger partial charge on any atom is -0.377 e. The largest absolute Gasteiger partial charge is 0.377 e. The summed E-state index contributed by atoms with van der Waals surface area (Å²) in [6, 6.07) is 0. The minimum absolute atomic E-state index is 0.504. The van der Waals surface area contributed by atoms with Crippen molar-refractivity contribution in [2.45, 2.75) is 44.6 Å². The van der Waals surface area contributed by atoms with E-state index in [1.54, 1.807) is 0 Å². The molecule has 14 heavy (non-hydrogen) atoms. The molecule has 3 heteroatoms. The second-order valence-corrected chi connectivity index (χ2v) is 5.02. The highest BCUT2D eigenvalue weighted by Crippen LogP contribution is 2.10. The Morgan fingerprint density at radius 3 is 2.79 bits per heavy atom. The maximum absolute atomic E-state index is 5.53. The van der Waals surface area contributed by atoms with Gasteiger partial charge in [-0.15, -0.1) is 0 Å². The molecule has 1 N–H and O–H groups in total. The summed E-state index contributed by atoms with van der Waals surface area (Å²) in [6.45, 7) is 3.20. The van der Waals surface area contributed by atoms with E-state index in [-0.39, 0.29) is 0 Å². The van der Waals surface area contributed by atoms with Crippen LogP contribution in [0.3, 0.4) is 0 Å². The molecule has 0 aromatic carbocycles. The van der Waals surface area contributed by atoms with Crippen molar-refractivity contribution in [3.05, 3.63) is 0 Å². The van der Waals surface area contributed by atoms with Crippen LogP contribution in [0.25, 0.3) is 0 Å². The summed E-state index contributed by atoms with van der Waals surface area (Å²) >= 11 is 2.45. The standard InChI is InChI=1S/C11H22INO/c12-7-3-1-2-4-8-13-10-11-6-5-9-14-11/h11,13H,1-10H2. The number of unbranched alkanes of at least 4 members (excludes halogenated alkanes) is 3. The number of nitrogens with one attached hydrogen (secondary N) is 1. The fraction of sp³-hybridized carbons (Fsp3) is 1.00. The van der Waals surface area contributed by atoms with Crippen molar-refractivity contribution in [3.63, 3.8) is 0 Å². The number of hydrogen-bond donors (Lipinski definition) is 1. The van der Waals surface area contributed by atoms with E-state index < -0.39 is 0 Å². The van der Waals surface area contributed by atoms with E-state index in [2.05, 4.69) is 27.9 Å². The molecule has 2 nitrogen and oxygen atoms in total. The van der Waals surface area contributed by atoms with Crippen molar-refractivity contribution in [2.24, 2.45) is 0 Å². The fourth-order valence-corrected chi connectivity index (χ4v) is 2.31. The third-order valence-electron chi connectivity index (χ3n) is 2.63. The summed E-state index contributed by atoms with van der Waals surface area (Å²) in [4.78, 5) is 0. The predicted octanol–water partition coefficient (Wildman–Crippen LogP) is 2.75. The Labute approximate surface area is 101 Å². The molecule has 1 fully saturated rings. The van der Waals surface area contributed by atoms with Gasteiger partial charge in [-0.05, 0) is 36.7 Å². The van der Waals surface area contributed by atoms with Crippen LogP contribution in [0, 0.1) is 0 Å². The second-order valence-electron chi connectivity index (χ2n) is 3.94. The summed E-state index contributed by atoms with van der Waals surface area (Å²) in [7, 11) is 0. The van der Waals surface area contributed by atoms with Gasteiger partial charge in [0.2, 0.25) is 0 Å². The molecule has 84 valence electrons. The highest BCUT2D eigenvalue weighted by atomic mass is 127. The monoisotopic (exact) mass is 311 g/mol. The molecule has 1 unspecified atom stereocenters. The van der Waals surface area contributed by atoms with E-state index in [1.165, 1.54) is 49.5 Å². The molecule has 1 heterocycles. The smallest absolute Gasteiger partial charge is 0.0700 e. The zero-order chi connectivity index (χ0) is 10.1. The number of ether oxygens (including phenoxy) is 1. The molecule has 0 aromatic rings. The first-order valence-corrected chi connectivity index (χ1v) is 7.34. The fourth-order valence-electron chi connectivity index (χ4n) is 1.77. The first-order chi connectivity index (χ1) is 6.93. The van der Waals surface area contributed by atoms with Gasteiger partial charge in [-0.1, -0.05) is 35.4 Å². The average molecular weight is 311 g/mol. The van der Waals surface area contributed by atoms with E-state index in [0.29, 0.717) is 6.10 Å². The molecular formula is C11H22INO. The van der Waals surface area contributed by atoms with Crippen molar-refractivity contribution in [1.82, 2.24) is 5.32 Å². The number of rotatable bonds is 8. The summed E-state index contributed by atoms with van der Waals surface area (Å²) in [5.74, 6) is 0. The maximum Gasteiger partial charge on any atom is 0.0700 e. The lowest BCUT2D eigenvalue weighted by Gasteiger charge is -2.10. The lowest BCUT2D eigenvalue weighted by Crippen LogP contribution is -2.26. The van der Waals surface area contributed by atoms with Gasteiger partial charge in [0.25, 0.3) is 0 Å². The van der Waals surface area contributed by atoms with Crippen LogP contribution in [0.15, 0.2) is 0 Å². The van der Waals surface area contributed by atoms with Crippen LogP contribution >= 0.6 is 22.6 Å². The molecule has 1 rings (SSSR count). The SMILES string of the molecule is ICCCCCCNCC1CCCO1. The molecule has 0 bridgehead atoms. The lowest BCUT2D eigenvalue weighted by atomic mass is 10.2. The normalized spacial score (nSPS) is 21.6. The van der Waals surface area contributed by atoms with E-state index in [4.69, 9.17) is 4.74 Å². The first kappa shape index (κ1) is 12.7. The first-order valence-electron chi connectivity index (χ1n) is 5.82. The summed E-state index contributed by atoms with van der Waals surface area (Å²) in [6.07, 6.45) is 8.48. The topological polar surface area (TPSA) is 21.3 Å². The van der Waals surface area contributed by atoms with Crippen LogP contribution in [0.2, 0.25) is 0 Å². The molecule has 1 saturated heterocycles. The molecule has 0 saturated carbocycles. The van der Waals surface area contributed by atoms with Gasteiger partial charge in [-0.2, -0.15) is 0 Å². The van der Waals surface area contributed by atoms with Crippen molar-refractivity contribution >= 4 is 22.6 Å². The Balaban J connectivity index is 1.75.